The molecule has 1 heterocycles. The number of aromatic nitrogens is 2. The van der Waals surface area contributed by atoms with E-state index in [2.05, 4.69) is 20.8 Å². The van der Waals surface area contributed by atoms with Crippen LogP contribution in [0.15, 0.2) is 0 Å². The summed E-state index contributed by atoms with van der Waals surface area (Å²) in [7, 11) is 1.86. The van der Waals surface area contributed by atoms with Gasteiger partial charge in [0, 0.05) is 13.1 Å². The summed E-state index contributed by atoms with van der Waals surface area (Å²) < 4.78 is 0. The van der Waals surface area contributed by atoms with Crippen LogP contribution in [-0.4, -0.2) is 45.8 Å². The van der Waals surface area contributed by atoms with E-state index in [0.717, 1.165) is 28.9 Å². The second-order valence-corrected chi connectivity index (χ2v) is 7.33. The molecule has 3 atom stereocenters. The Kier molecular flexibility index (Phi) is 4.57. The van der Waals surface area contributed by atoms with E-state index in [0.29, 0.717) is 11.2 Å². The highest BCUT2D eigenvalue weighted by molar-refractivity contribution is 7.80. The van der Waals surface area contributed by atoms with E-state index < -0.39 is 0 Å². The molecule has 2 saturated carbocycles. The molecule has 0 spiro atoms. The van der Waals surface area contributed by atoms with Gasteiger partial charge in [-0.25, -0.2) is 0 Å². The molecule has 3 N–H and O–H groups in total. The fourth-order valence-electron chi connectivity index (χ4n) is 3.89. The first-order valence-corrected chi connectivity index (χ1v) is 8.68. The number of hydrogen-bond acceptors (Lipinski definition) is 3. The monoisotopic (exact) mass is 335 g/mol. The normalized spacial score (nSPS) is 25.4. The Morgan fingerprint density at radius 3 is 2.74 bits per heavy atom. The highest BCUT2D eigenvalue weighted by atomic mass is 32.1. The van der Waals surface area contributed by atoms with Crippen molar-refractivity contribution in [3.05, 3.63) is 11.4 Å². The molecular formula is C16H25N5OS. The predicted octanol–water partition coefficient (Wildman–Crippen LogP) is 1.96. The Hall–Kier alpha value is -1.63. The molecule has 2 aliphatic rings. The third-order valence-corrected chi connectivity index (χ3v) is 5.60. The first-order chi connectivity index (χ1) is 10.9. The molecule has 6 nitrogen and oxygen atoms in total. The summed E-state index contributed by atoms with van der Waals surface area (Å²) in [5.41, 5.74) is 2.41. The molecule has 1 amide bonds. The first-order valence-electron chi connectivity index (χ1n) is 8.27. The molecule has 0 radical (unpaired) electrons. The molecule has 1 aromatic heterocycles. The number of carbonyl (C=O) groups excluding carboxylic acids is 1. The average molecular weight is 335 g/mol. The zero-order valence-corrected chi connectivity index (χ0v) is 14.8. The standard InChI is InChI=1S/C16H25N5OS/c1-9-15(10(2)20-19-9)18-14(22)8-21(3)16(23)17-13-7-11-4-5-12(13)6-11/h11-13H,4-8H2,1-3H3,(H,17,23)(H,18,22)(H,19,20)/t11-,12+,13+/m0/s1. The zero-order valence-electron chi connectivity index (χ0n) is 14.0. The van der Waals surface area contributed by atoms with Gasteiger partial charge in [-0.3, -0.25) is 9.89 Å². The minimum absolute atomic E-state index is 0.0859. The smallest absolute Gasteiger partial charge is 0.244 e. The molecule has 2 fully saturated rings. The van der Waals surface area contributed by atoms with Crippen LogP contribution in [0.2, 0.25) is 0 Å². The van der Waals surface area contributed by atoms with E-state index in [1.165, 1.54) is 25.7 Å². The van der Waals surface area contributed by atoms with Crippen molar-refractivity contribution in [2.24, 2.45) is 11.8 Å². The average Bonchev–Trinajstić information content (AvgIpc) is 3.19. The molecular weight excluding hydrogens is 310 g/mol. The number of H-pyrrole nitrogens is 1. The van der Waals surface area contributed by atoms with Gasteiger partial charge in [0.2, 0.25) is 5.91 Å². The molecule has 0 aliphatic heterocycles. The van der Waals surface area contributed by atoms with Crippen molar-refractivity contribution < 1.29 is 4.79 Å². The zero-order chi connectivity index (χ0) is 16.6. The Bertz CT molecular complexity index is 594. The highest BCUT2D eigenvalue weighted by Crippen LogP contribution is 2.44. The number of amides is 1. The number of anilines is 1. The molecule has 126 valence electrons. The molecule has 2 bridgehead atoms. The largest absolute Gasteiger partial charge is 0.360 e. The van der Waals surface area contributed by atoms with Crippen LogP contribution >= 0.6 is 12.2 Å². The van der Waals surface area contributed by atoms with Crippen molar-refractivity contribution in [2.75, 3.05) is 18.9 Å². The fourth-order valence-corrected chi connectivity index (χ4v) is 4.11. The number of hydrogen-bond donors (Lipinski definition) is 3. The Morgan fingerprint density at radius 2 is 2.17 bits per heavy atom. The van der Waals surface area contributed by atoms with Gasteiger partial charge in [-0.15, -0.1) is 0 Å². The van der Waals surface area contributed by atoms with Gasteiger partial charge in [-0.05, 0) is 57.2 Å². The lowest BCUT2D eigenvalue weighted by Gasteiger charge is -2.28. The minimum Gasteiger partial charge on any atom is -0.360 e. The highest BCUT2D eigenvalue weighted by Gasteiger charge is 2.39. The van der Waals surface area contributed by atoms with Gasteiger partial charge in [-0.1, -0.05) is 6.42 Å². The molecule has 0 aromatic carbocycles. The van der Waals surface area contributed by atoms with E-state index in [9.17, 15) is 4.79 Å². The van der Waals surface area contributed by atoms with Crippen LogP contribution in [0.5, 0.6) is 0 Å². The SMILES string of the molecule is Cc1n[nH]c(C)c1NC(=O)CN(C)C(=S)N[C@@H]1C[C@H]2CC[C@@H]1C2. The maximum atomic E-state index is 12.2. The van der Waals surface area contributed by atoms with Gasteiger partial charge in [0.15, 0.2) is 5.11 Å². The van der Waals surface area contributed by atoms with Crippen LogP contribution in [0.4, 0.5) is 5.69 Å². The van der Waals surface area contributed by atoms with Gasteiger partial charge in [-0.2, -0.15) is 5.10 Å². The van der Waals surface area contributed by atoms with Crippen LogP contribution in [0, 0.1) is 25.7 Å². The van der Waals surface area contributed by atoms with Gasteiger partial charge < -0.3 is 15.5 Å². The molecule has 7 heteroatoms. The van der Waals surface area contributed by atoms with E-state index in [1.54, 1.807) is 4.90 Å². The number of nitrogens with one attached hydrogen (secondary N) is 3. The van der Waals surface area contributed by atoms with Crippen LogP contribution in [0.3, 0.4) is 0 Å². The molecule has 1 aromatic rings. The van der Waals surface area contributed by atoms with Gasteiger partial charge in [0.05, 0.1) is 23.6 Å². The minimum atomic E-state index is -0.0859. The number of rotatable bonds is 4. The summed E-state index contributed by atoms with van der Waals surface area (Å²) in [5, 5.41) is 14.0. The topological polar surface area (TPSA) is 73.0 Å². The molecule has 0 unspecified atom stereocenters. The maximum absolute atomic E-state index is 12.2. The van der Waals surface area contributed by atoms with Crippen LogP contribution in [0.25, 0.3) is 0 Å². The predicted molar refractivity (Wildman–Crippen MR) is 94.3 cm³/mol. The van der Waals surface area contributed by atoms with Crippen molar-refractivity contribution >= 4 is 28.9 Å². The second-order valence-electron chi connectivity index (χ2n) is 6.94. The second kappa shape index (κ2) is 6.47. The van der Waals surface area contributed by atoms with E-state index in [1.807, 2.05) is 20.9 Å². The van der Waals surface area contributed by atoms with Crippen LogP contribution in [0.1, 0.15) is 37.1 Å². The number of thiocarbonyl (C=S) groups is 1. The lowest BCUT2D eigenvalue weighted by molar-refractivity contribution is -0.116. The number of carbonyl (C=O) groups is 1. The number of likely N-dealkylation sites (N-methyl/N-ethyl adjacent to an activating group) is 1. The summed E-state index contributed by atoms with van der Waals surface area (Å²) >= 11 is 5.46. The number of fused-ring (bicyclic) bond motifs is 2. The summed E-state index contributed by atoms with van der Waals surface area (Å²) in [6.45, 7) is 3.99. The maximum Gasteiger partial charge on any atom is 0.244 e. The number of aryl methyl sites for hydroxylation is 2. The fraction of sp³-hybridized carbons (Fsp3) is 0.688. The van der Waals surface area contributed by atoms with Gasteiger partial charge >= 0.3 is 0 Å². The van der Waals surface area contributed by atoms with Crippen molar-refractivity contribution in [3.63, 3.8) is 0 Å². The lowest BCUT2D eigenvalue weighted by Crippen LogP contribution is -2.47. The van der Waals surface area contributed by atoms with Crippen LogP contribution < -0.4 is 10.6 Å². The Morgan fingerprint density at radius 1 is 1.39 bits per heavy atom. The van der Waals surface area contributed by atoms with Crippen molar-refractivity contribution in [1.29, 1.82) is 0 Å². The number of nitrogens with zero attached hydrogens (tertiary/aromatic N) is 2. The molecule has 3 rings (SSSR count). The summed E-state index contributed by atoms with van der Waals surface area (Å²) in [6.07, 6.45) is 5.24. The van der Waals surface area contributed by atoms with E-state index >= 15 is 0 Å². The Balaban J connectivity index is 1.49. The third-order valence-electron chi connectivity index (χ3n) is 5.17. The van der Waals surface area contributed by atoms with Crippen molar-refractivity contribution in [3.8, 4) is 0 Å². The Labute approximate surface area is 142 Å². The van der Waals surface area contributed by atoms with E-state index in [4.69, 9.17) is 12.2 Å². The quantitative estimate of drug-likeness (QED) is 0.734. The lowest BCUT2D eigenvalue weighted by atomic mass is 9.95. The third kappa shape index (κ3) is 3.49. The van der Waals surface area contributed by atoms with E-state index in [-0.39, 0.29) is 12.5 Å². The molecule has 23 heavy (non-hydrogen) atoms. The molecule has 2 aliphatic carbocycles. The van der Waals surface area contributed by atoms with Crippen molar-refractivity contribution in [2.45, 2.75) is 45.6 Å². The van der Waals surface area contributed by atoms with Gasteiger partial charge in [0.25, 0.3) is 0 Å². The first kappa shape index (κ1) is 16.2. The molecule has 0 saturated heterocycles. The van der Waals surface area contributed by atoms with Gasteiger partial charge in [0.1, 0.15) is 0 Å². The van der Waals surface area contributed by atoms with Crippen LogP contribution in [-0.2, 0) is 4.79 Å². The van der Waals surface area contributed by atoms with Crippen molar-refractivity contribution in [1.82, 2.24) is 20.4 Å². The summed E-state index contributed by atoms with van der Waals surface area (Å²) in [5.74, 6) is 1.55. The number of aromatic amines is 1. The summed E-state index contributed by atoms with van der Waals surface area (Å²) in [4.78, 5) is 14.0. The summed E-state index contributed by atoms with van der Waals surface area (Å²) in [6, 6.07) is 0.491.